The average Bonchev–Trinajstić information content (AvgIpc) is 3.08. The van der Waals surface area contributed by atoms with Gasteiger partial charge in [0.15, 0.2) is 5.82 Å². The fourth-order valence-electron chi connectivity index (χ4n) is 3.42. The molecule has 4 rings (SSSR count). The third-order valence-electron chi connectivity index (χ3n) is 4.74. The molecule has 0 aliphatic carbocycles. The first-order valence-corrected chi connectivity index (χ1v) is 9.47. The molecule has 2 aromatic rings. The van der Waals surface area contributed by atoms with Gasteiger partial charge in [0.25, 0.3) is 0 Å². The summed E-state index contributed by atoms with van der Waals surface area (Å²) < 4.78 is 5.48. The lowest BCUT2D eigenvalue weighted by molar-refractivity contribution is 0.122. The Bertz CT molecular complexity index is 846. The van der Waals surface area contributed by atoms with Crippen LogP contribution in [0, 0.1) is 6.92 Å². The Morgan fingerprint density at radius 1 is 1.22 bits per heavy atom. The highest BCUT2D eigenvalue weighted by atomic mass is 16.5. The smallest absolute Gasteiger partial charge is 0.158 e. The van der Waals surface area contributed by atoms with Crippen LogP contribution in [0.4, 0.5) is 17.2 Å². The number of ether oxygens (including phenoxy) is 1. The lowest BCUT2D eigenvalue weighted by atomic mass is 10.2. The monoisotopic (exact) mass is 367 g/mol. The van der Waals surface area contributed by atoms with Crippen molar-refractivity contribution in [3.8, 4) is 0 Å². The number of hydrogen-bond acceptors (Lipinski definition) is 7. The molecule has 2 N–H and O–H groups in total. The van der Waals surface area contributed by atoms with Gasteiger partial charge in [-0.15, -0.1) is 0 Å². The minimum absolute atomic E-state index is 0.143. The zero-order chi connectivity index (χ0) is 18.6. The minimum Gasteiger partial charge on any atom is -0.396 e. The van der Waals surface area contributed by atoms with Crippen molar-refractivity contribution < 1.29 is 9.84 Å². The zero-order valence-electron chi connectivity index (χ0n) is 15.6. The van der Waals surface area contributed by atoms with Crippen LogP contribution in [0.1, 0.15) is 23.5 Å². The van der Waals surface area contributed by atoms with Crippen LogP contribution in [-0.2, 0) is 17.6 Å². The second-order valence-electron chi connectivity index (χ2n) is 6.92. The molecule has 0 saturated carbocycles. The number of aliphatic hydroxyl groups excluding tert-OH is 1. The number of aliphatic hydroxyl groups is 1. The topological polar surface area (TPSA) is 82.9 Å². The molecule has 0 atom stereocenters. The Kier molecular flexibility index (Phi) is 5.31. The molecule has 0 unspecified atom stereocenters. The van der Waals surface area contributed by atoms with Crippen LogP contribution in [0.5, 0.6) is 0 Å². The van der Waals surface area contributed by atoms with Gasteiger partial charge in [-0.25, -0.2) is 15.0 Å². The molecule has 142 valence electrons. The van der Waals surface area contributed by atoms with Crippen LogP contribution in [-0.4, -0.2) is 53.8 Å². The molecule has 1 aromatic heterocycles. The van der Waals surface area contributed by atoms with Gasteiger partial charge in [0.1, 0.15) is 17.3 Å². The summed E-state index contributed by atoms with van der Waals surface area (Å²) in [4.78, 5) is 16.5. The molecular weight excluding hydrogens is 342 g/mol. The summed E-state index contributed by atoms with van der Waals surface area (Å²) in [6.07, 6.45) is 1.99. The SMILES string of the molecule is Cc1cccc(NC2=Nc3c(nc(CCCO)nc3N3CCOCC3)C2)c1. The number of fused-ring (bicyclic) bond motifs is 1. The molecule has 1 saturated heterocycles. The maximum atomic E-state index is 9.15. The number of anilines is 2. The van der Waals surface area contributed by atoms with Gasteiger partial charge in [-0.2, -0.15) is 0 Å². The van der Waals surface area contributed by atoms with E-state index in [0.717, 1.165) is 47.6 Å². The van der Waals surface area contributed by atoms with Gasteiger partial charge in [-0.1, -0.05) is 12.1 Å². The number of amidine groups is 1. The van der Waals surface area contributed by atoms with Gasteiger partial charge in [-0.3, -0.25) is 0 Å². The average molecular weight is 367 g/mol. The third-order valence-corrected chi connectivity index (χ3v) is 4.74. The van der Waals surface area contributed by atoms with Crippen molar-refractivity contribution in [2.24, 2.45) is 4.99 Å². The van der Waals surface area contributed by atoms with E-state index in [1.165, 1.54) is 5.56 Å². The summed E-state index contributed by atoms with van der Waals surface area (Å²) >= 11 is 0. The van der Waals surface area contributed by atoms with Crippen LogP contribution in [0.3, 0.4) is 0 Å². The molecule has 1 aromatic carbocycles. The standard InChI is InChI=1S/C20H25N5O2/c1-14-4-2-5-15(12-14)21-18-13-16-19(23-18)20(25-7-10-27-11-8-25)24-17(22-16)6-3-9-26/h2,4-5,12,26H,3,6-11,13H2,1H3,(H,21,23). The lowest BCUT2D eigenvalue weighted by Gasteiger charge is -2.28. The van der Waals surface area contributed by atoms with Gasteiger partial charge in [-0.05, 0) is 31.0 Å². The van der Waals surface area contributed by atoms with Crippen LogP contribution in [0.25, 0.3) is 0 Å². The molecule has 0 amide bonds. The van der Waals surface area contributed by atoms with Crippen molar-refractivity contribution in [1.82, 2.24) is 9.97 Å². The predicted molar refractivity (Wildman–Crippen MR) is 106 cm³/mol. The lowest BCUT2D eigenvalue weighted by Crippen LogP contribution is -2.37. The number of aliphatic imine (C=N–C) groups is 1. The Balaban J connectivity index is 1.63. The van der Waals surface area contributed by atoms with Gasteiger partial charge < -0.3 is 20.1 Å². The molecule has 1 fully saturated rings. The van der Waals surface area contributed by atoms with Crippen molar-refractivity contribution in [2.45, 2.75) is 26.2 Å². The van der Waals surface area contributed by atoms with E-state index >= 15 is 0 Å². The minimum atomic E-state index is 0.143. The molecule has 27 heavy (non-hydrogen) atoms. The summed E-state index contributed by atoms with van der Waals surface area (Å²) in [5.41, 5.74) is 4.05. The number of rotatable bonds is 5. The number of nitrogens with one attached hydrogen (secondary N) is 1. The van der Waals surface area contributed by atoms with Crippen molar-refractivity contribution in [3.05, 3.63) is 41.3 Å². The normalized spacial score (nSPS) is 16.2. The molecule has 2 aliphatic heterocycles. The quantitative estimate of drug-likeness (QED) is 0.843. The highest BCUT2D eigenvalue weighted by Crippen LogP contribution is 2.35. The highest BCUT2D eigenvalue weighted by molar-refractivity contribution is 6.03. The molecule has 0 radical (unpaired) electrons. The summed E-state index contributed by atoms with van der Waals surface area (Å²) in [5.74, 6) is 2.55. The Morgan fingerprint density at radius 3 is 2.85 bits per heavy atom. The molecule has 0 spiro atoms. The first-order valence-electron chi connectivity index (χ1n) is 9.47. The van der Waals surface area contributed by atoms with Crippen LogP contribution in [0.15, 0.2) is 29.3 Å². The Hall–Kier alpha value is -2.51. The van der Waals surface area contributed by atoms with E-state index in [2.05, 4.69) is 29.3 Å². The molecular formula is C20H25N5O2. The fourth-order valence-corrected chi connectivity index (χ4v) is 3.42. The van der Waals surface area contributed by atoms with E-state index in [4.69, 9.17) is 24.8 Å². The van der Waals surface area contributed by atoms with Crippen molar-refractivity contribution in [1.29, 1.82) is 0 Å². The number of benzene rings is 1. The molecule has 3 heterocycles. The molecule has 0 bridgehead atoms. The van der Waals surface area contributed by atoms with Gasteiger partial charge in [0, 0.05) is 31.8 Å². The maximum Gasteiger partial charge on any atom is 0.158 e. The Labute approximate surface area is 159 Å². The maximum absolute atomic E-state index is 9.15. The van der Waals surface area contributed by atoms with Crippen LogP contribution in [0.2, 0.25) is 0 Å². The summed E-state index contributed by atoms with van der Waals surface area (Å²) in [6.45, 7) is 5.22. The summed E-state index contributed by atoms with van der Waals surface area (Å²) in [6, 6.07) is 8.25. The first-order chi connectivity index (χ1) is 13.2. The van der Waals surface area contributed by atoms with E-state index in [-0.39, 0.29) is 6.61 Å². The number of hydrogen-bond donors (Lipinski definition) is 2. The summed E-state index contributed by atoms with van der Waals surface area (Å²) in [7, 11) is 0. The highest BCUT2D eigenvalue weighted by Gasteiger charge is 2.26. The number of morpholine rings is 1. The summed E-state index contributed by atoms with van der Waals surface area (Å²) in [5, 5.41) is 12.6. The third kappa shape index (κ3) is 4.09. The van der Waals surface area contributed by atoms with Crippen LogP contribution < -0.4 is 10.2 Å². The van der Waals surface area contributed by atoms with Crippen molar-refractivity contribution in [2.75, 3.05) is 43.1 Å². The zero-order valence-corrected chi connectivity index (χ0v) is 15.6. The molecule has 7 heteroatoms. The van der Waals surface area contributed by atoms with Crippen molar-refractivity contribution in [3.63, 3.8) is 0 Å². The number of aryl methyl sites for hydroxylation is 2. The fraction of sp³-hybridized carbons (Fsp3) is 0.450. The molecule has 7 nitrogen and oxygen atoms in total. The van der Waals surface area contributed by atoms with Gasteiger partial charge >= 0.3 is 0 Å². The molecule has 2 aliphatic rings. The van der Waals surface area contributed by atoms with E-state index in [1.54, 1.807) is 0 Å². The van der Waals surface area contributed by atoms with E-state index in [0.29, 0.717) is 32.5 Å². The van der Waals surface area contributed by atoms with E-state index < -0.39 is 0 Å². The Morgan fingerprint density at radius 2 is 2.07 bits per heavy atom. The largest absolute Gasteiger partial charge is 0.396 e. The number of nitrogens with zero attached hydrogens (tertiary/aromatic N) is 4. The second-order valence-corrected chi connectivity index (χ2v) is 6.92. The van der Waals surface area contributed by atoms with Gasteiger partial charge in [0.2, 0.25) is 0 Å². The van der Waals surface area contributed by atoms with Crippen molar-refractivity contribution >= 4 is 23.0 Å². The van der Waals surface area contributed by atoms with Crippen LogP contribution >= 0.6 is 0 Å². The number of aromatic nitrogens is 2. The first kappa shape index (κ1) is 17.9. The van der Waals surface area contributed by atoms with E-state index in [1.807, 2.05) is 12.1 Å². The van der Waals surface area contributed by atoms with Gasteiger partial charge in [0.05, 0.1) is 25.3 Å². The second kappa shape index (κ2) is 8.02. The predicted octanol–water partition coefficient (Wildman–Crippen LogP) is 2.24. The van der Waals surface area contributed by atoms with E-state index in [9.17, 15) is 0 Å².